The number of nitrogens with one attached hydrogen (secondary N) is 2. The fraction of sp³-hybridized carbons (Fsp3) is 0.400. The number of anilines is 1. The van der Waals surface area contributed by atoms with E-state index in [9.17, 15) is 13.2 Å². The molecule has 30 heavy (non-hydrogen) atoms. The zero-order valence-corrected chi connectivity index (χ0v) is 19.5. The highest BCUT2D eigenvalue weighted by atomic mass is 32.2. The van der Waals surface area contributed by atoms with Gasteiger partial charge in [-0.3, -0.25) is 4.79 Å². The van der Waals surface area contributed by atoms with Crippen molar-refractivity contribution in [3.05, 3.63) is 44.8 Å². The van der Waals surface area contributed by atoms with E-state index in [1.54, 1.807) is 19.1 Å². The minimum Gasteiger partial charge on any atom is -0.492 e. The Balaban J connectivity index is 1.98. The predicted molar refractivity (Wildman–Crippen MR) is 120 cm³/mol. The van der Waals surface area contributed by atoms with Crippen LogP contribution in [0.1, 0.15) is 36.2 Å². The number of fused-ring (bicyclic) bond motifs is 1. The Morgan fingerprint density at radius 3 is 2.63 bits per heavy atom. The van der Waals surface area contributed by atoms with Gasteiger partial charge in [0.15, 0.2) is 0 Å². The second-order valence-corrected chi connectivity index (χ2v) is 10.5. The summed E-state index contributed by atoms with van der Waals surface area (Å²) in [5.74, 6) is 0.779. The van der Waals surface area contributed by atoms with Crippen molar-refractivity contribution < 1.29 is 13.2 Å². The Hall–Kier alpha value is -2.43. The molecule has 2 heterocycles. The fourth-order valence-corrected chi connectivity index (χ4v) is 5.15. The summed E-state index contributed by atoms with van der Waals surface area (Å²) in [6.45, 7) is 7.89. The lowest BCUT2D eigenvalue weighted by atomic mass is 10.2. The summed E-state index contributed by atoms with van der Waals surface area (Å²) in [6, 6.07) is 4.55. The molecule has 3 rings (SSSR count). The van der Waals surface area contributed by atoms with Crippen LogP contribution in [-0.4, -0.2) is 43.4 Å². The highest BCUT2D eigenvalue weighted by molar-refractivity contribution is 7.89. The summed E-state index contributed by atoms with van der Waals surface area (Å²) in [5, 5.41) is 3.85. The first-order valence-corrected chi connectivity index (χ1v) is 11.8. The molecule has 0 bridgehead atoms. The van der Waals surface area contributed by atoms with Gasteiger partial charge in [0.05, 0.1) is 18.0 Å². The largest absolute Gasteiger partial charge is 0.492 e. The van der Waals surface area contributed by atoms with Crippen LogP contribution in [-0.2, 0) is 10.0 Å². The predicted octanol–water partition coefficient (Wildman–Crippen LogP) is 3.42. The van der Waals surface area contributed by atoms with Crippen LogP contribution < -0.4 is 15.6 Å². The molecule has 0 aliphatic carbocycles. The minimum atomic E-state index is -3.69. The summed E-state index contributed by atoms with van der Waals surface area (Å²) < 4.78 is 32.1. The third kappa shape index (κ3) is 4.07. The number of benzene rings is 1. The Morgan fingerprint density at radius 2 is 2.00 bits per heavy atom. The number of nitrogens with zero attached hydrogens (tertiary/aromatic N) is 2. The molecular weight excluding hydrogens is 424 g/mol. The number of thiophene rings is 1. The van der Waals surface area contributed by atoms with Gasteiger partial charge in [0, 0.05) is 24.7 Å². The number of aromatic amines is 1. The fourth-order valence-electron chi connectivity index (χ4n) is 3.07. The van der Waals surface area contributed by atoms with E-state index in [0.717, 1.165) is 14.7 Å². The molecule has 1 atom stereocenters. The number of ether oxygens (including phenoxy) is 1. The minimum absolute atomic E-state index is 0.0768. The number of hydrogen-bond donors (Lipinski definition) is 2. The van der Waals surface area contributed by atoms with Gasteiger partial charge in [-0.1, -0.05) is 0 Å². The van der Waals surface area contributed by atoms with Gasteiger partial charge in [-0.25, -0.2) is 17.7 Å². The lowest BCUT2D eigenvalue weighted by Crippen LogP contribution is -2.23. The van der Waals surface area contributed by atoms with E-state index in [4.69, 9.17) is 4.74 Å². The highest BCUT2D eigenvalue weighted by Gasteiger charge is 2.23. The molecule has 0 unspecified atom stereocenters. The Kier molecular flexibility index (Phi) is 6.21. The van der Waals surface area contributed by atoms with Gasteiger partial charge in [-0.05, 0) is 51.5 Å². The van der Waals surface area contributed by atoms with E-state index in [-0.39, 0.29) is 16.5 Å². The molecule has 0 amide bonds. The van der Waals surface area contributed by atoms with E-state index in [0.29, 0.717) is 34.1 Å². The average molecular weight is 451 g/mol. The maximum absolute atomic E-state index is 12.7. The summed E-state index contributed by atoms with van der Waals surface area (Å²) >= 11 is 1.49. The lowest BCUT2D eigenvalue weighted by Gasteiger charge is -2.19. The number of hydrogen-bond acceptors (Lipinski definition) is 7. The molecule has 0 saturated heterocycles. The molecule has 0 spiro atoms. The quantitative estimate of drug-likeness (QED) is 0.572. The first-order chi connectivity index (χ1) is 14.1. The number of aryl methyl sites for hydroxylation is 2. The molecule has 0 saturated carbocycles. The van der Waals surface area contributed by atoms with Crippen molar-refractivity contribution in [1.29, 1.82) is 0 Å². The molecule has 2 N–H and O–H groups in total. The first kappa shape index (κ1) is 22.3. The third-order valence-electron chi connectivity index (χ3n) is 4.85. The van der Waals surface area contributed by atoms with Crippen molar-refractivity contribution in [3.63, 3.8) is 0 Å². The second-order valence-electron chi connectivity index (χ2n) is 7.16. The van der Waals surface area contributed by atoms with Crippen LogP contribution in [0.2, 0.25) is 0 Å². The maximum Gasteiger partial charge on any atom is 0.259 e. The smallest absolute Gasteiger partial charge is 0.259 e. The molecule has 0 aliphatic heterocycles. The third-order valence-corrected chi connectivity index (χ3v) is 7.79. The molecule has 0 fully saturated rings. The molecule has 1 aromatic carbocycles. The normalized spacial score (nSPS) is 13.0. The van der Waals surface area contributed by atoms with Crippen LogP contribution in [0, 0.1) is 13.8 Å². The second kappa shape index (κ2) is 8.37. The number of H-pyrrole nitrogens is 1. The van der Waals surface area contributed by atoms with Crippen molar-refractivity contribution in [2.45, 2.75) is 38.6 Å². The highest BCUT2D eigenvalue weighted by Crippen LogP contribution is 2.31. The molecule has 0 radical (unpaired) electrons. The van der Waals surface area contributed by atoms with Crippen LogP contribution in [0.5, 0.6) is 5.75 Å². The first-order valence-electron chi connectivity index (χ1n) is 9.52. The van der Waals surface area contributed by atoms with Crippen molar-refractivity contribution in [2.24, 2.45) is 0 Å². The Morgan fingerprint density at radius 1 is 1.30 bits per heavy atom. The molecule has 162 valence electrons. The van der Waals surface area contributed by atoms with Gasteiger partial charge < -0.3 is 15.0 Å². The van der Waals surface area contributed by atoms with Gasteiger partial charge >= 0.3 is 0 Å². The molecule has 0 aliphatic rings. The summed E-state index contributed by atoms with van der Waals surface area (Å²) in [7, 11) is -0.744. The molecule has 8 nitrogen and oxygen atoms in total. The van der Waals surface area contributed by atoms with Crippen LogP contribution in [0.15, 0.2) is 27.9 Å². The Bertz CT molecular complexity index is 1250. The summed E-state index contributed by atoms with van der Waals surface area (Å²) in [6.07, 6.45) is 0. The Labute approximate surface area is 180 Å². The van der Waals surface area contributed by atoms with Crippen molar-refractivity contribution in [3.8, 4) is 5.75 Å². The lowest BCUT2D eigenvalue weighted by molar-refractivity contribution is 0.330. The van der Waals surface area contributed by atoms with Crippen LogP contribution in [0.4, 0.5) is 5.69 Å². The van der Waals surface area contributed by atoms with Crippen LogP contribution >= 0.6 is 11.3 Å². The zero-order chi connectivity index (χ0) is 22.2. The topological polar surface area (TPSA) is 104 Å². The number of sulfonamides is 1. The molecule has 2 aromatic heterocycles. The van der Waals surface area contributed by atoms with Gasteiger partial charge in [-0.15, -0.1) is 11.3 Å². The average Bonchev–Trinajstić information content (AvgIpc) is 2.97. The van der Waals surface area contributed by atoms with E-state index >= 15 is 0 Å². The zero-order valence-electron chi connectivity index (χ0n) is 17.9. The van der Waals surface area contributed by atoms with Crippen molar-refractivity contribution in [2.75, 3.05) is 26.0 Å². The summed E-state index contributed by atoms with van der Waals surface area (Å²) in [5.41, 5.74) is 1.35. The molecule has 10 heteroatoms. The van der Waals surface area contributed by atoms with E-state index in [2.05, 4.69) is 15.3 Å². The van der Waals surface area contributed by atoms with Gasteiger partial charge in [0.25, 0.3) is 5.56 Å². The van der Waals surface area contributed by atoms with Crippen LogP contribution in [0.3, 0.4) is 0 Å². The number of aromatic nitrogens is 2. The monoisotopic (exact) mass is 450 g/mol. The van der Waals surface area contributed by atoms with Gasteiger partial charge in [0.1, 0.15) is 21.3 Å². The van der Waals surface area contributed by atoms with E-state index in [1.165, 1.54) is 31.5 Å². The van der Waals surface area contributed by atoms with Gasteiger partial charge in [-0.2, -0.15) is 0 Å². The van der Waals surface area contributed by atoms with Gasteiger partial charge in [0.2, 0.25) is 10.0 Å². The summed E-state index contributed by atoms with van der Waals surface area (Å²) in [4.78, 5) is 21.8. The number of rotatable bonds is 7. The molecular formula is C20H26N4O4S2. The molecule has 3 aromatic rings. The maximum atomic E-state index is 12.7. The SMILES string of the molecule is CCOc1ccc(N[C@H](C)c2nc3sc(C)c(C)c3c(=O)[nH]2)cc1S(=O)(=O)N(C)C. The van der Waals surface area contributed by atoms with E-state index < -0.39 is 10.0 Å². The standard InChI is InChI=1S/C20H26N4O4S2/c1-7-28-15-9-8-14(10-16(15)30(26,27)24(5)6)21-12(3)18-22-19(25)17-11(2)13(4)29-20(17)23-18/h8-10,12,21H,7H2,1-6H3,(H,22,23,25)/t12-/m1/s1. The van der Waals surface area contributed by atoms with Crippen molar-refractivity contribution in [1.82, 2.24) is 14.3 Å². The van der Waals surface area contributed by atoms with E-state index in [1.807, 2.05) is 20.8 Å². The van der Waals surface area contributed by atoms with Crippen molar-refractivity contribution >= 4 is 37.3 Å². The van der Waals surface area contributed by atoms with Crippen LogP contribution in [0.25, 0.3) is 10.2 Å².